The number of carbonyl (C=O) groups excluding carboxylic acids is 1. The van der Waals surface area contributed by atoms with Gasteiger partial charge in [0.05, 0.1) is 18.0 Å². The fourth-order valence-corrected chi connectivity index (χ4v) is 5.17. The van der Waals surface area contributed by atoms with Crippen LogP contribution < -0.4 is 15.1 Å². The summed E-state index contributed by atoms with van der Waals surface area (Å²) >= 11 is 6.17. The number of ketones is 1. The first-order valence-electron chi connectivity index (χ1n) is 10.7. The Morgan fingerprint density at radius 3 is 2.67 bits per heavy atom. The topological polar surface area (TPSA) is 35.6 Å². The summed E-state index contributed by atoms with van der Waals surface area (Å²) in [4.78, 5) is 17.3. The molecule has 30 heavy (non-hydrogen) atoms. The lowest BCUT2D eigenvalue weighted by atomic mass is 9.85. The van der Waals surface area contributed by atoms with Crippen LogP contribution in [0.25, 0.3) is 11.1 Å². The smallest absolute Gasteiger partial charge is 0.134 e. The molecule has 5 heteroatoms. The Morgan fingerprint density at radius 1 is 1.27 bits per heavy atom. The lowest BCUT2D eigenvalue weighted by molar-refractivity contribution is -0.116. The standard InChI is InChI=1S/C25H30ClN3O/c1-5-10-27-15-28-11-12-29-16(2)13-22-23(19-6-8-20(26)9-7-19)21(14-17(3)30)18(4)24(28)25(22)29/h5-9,16,27H,1,10-15H2,2-4H3. The van der Waals surface area contributed by atoms with Crippen LogP contribution in [-0.2, 0) is 17.6 Å². The van der Waals surface area contributed by atoms with Crippen LogP contribution in [-0.4, -0.2) is 38.1 Å². The number of anilines is 2. The molecule has 2 aliphatic rings. The van der Waals surface area contributed by atoms with Gasteiger partial charge in [-0.1, -0.05) is 29.8 Å². The molecular formula is C25H30ClN3O. The molecule has 4 nitrogen and oxygen atoms in total. The van der Waals surface area contributed by atoms with Crippen LogP contribution in [0.5, 0.6) is 0 Å². The highest BCUT2D eigenvalue weighted by Gasteiger charge is 2.38. The first-order valence-corrected chi connectivity index (χ1v) is 11.1. The molecule has 1 N–H and O–H groups in total. The number of nitrogens with one attached hydrogen (secondary N) is 1. The summed E-state index contributed by atoms with van der Waals surface area (Å²) in [6.45, 7) is 13.5. The van der Waals surface area contributed by atoms with E-state index in [1.165, 1.54) is 28.1 Å². The van der Waals surface area contributed by atoms with Crippen LogP contribution in [0.3, 0.4) is 0 Å². The van der Waals surface area contributed by atoms with E-state index in [0.717, 1.165) is 48.9 Å². The number of nitrogens with zero attached hydrogens (tertiary/aromatic N) is 2. The summed E-state index contributed by atoms with van der Waals surface area (Å²) in [6.07, 6.45) is 3.34. The second-order valence-corrected chi connectivity index (χ2v) is 8.89. The molecule has 0 saturated carbocycles. The number of rotatable bonds is 7. The number of benzene rings is 2. The number of halogens is 1. The average molecular weight is 424 g/mol. The van der Waals surface area contributed by atoms with Gasteiger partial charge in [0.25, 0.3) is 0 Å². The fraction of sp³-hybridized carbons (Fsp3) is 0.400. The molecule has 1 atom stereocenters. The minimum Gasteiger partial charge on any atom is -0.365 e. The van der Waals surface area contributed by atoms with E-state index in [2.05, 4.69) is 47.7 Å². The Bertz CT molecular complexity index is 983. The lowest BCUT2D eigenvalue weighted by Crippen LogP contribution is -2.46. The van der Waals surface area contributed by atoms with Crippen molar-refractivity contribution in [2.24, 2.45) is 0 Å². The molecule has 2 aromatic carbocycles. The predicted octanol–water partition coefficient (Wildman–Crippen LogP) is 4.75. The quantitative estimate of drug-likeness (QED) is 0.515. The fourth-order valence-electron chi connectivity index (χ4n) is 5.04. The van der Waals surface area contributed by atoms with Crippen molar-refractivity contribution in [3.63, 3.8) is 0 Å². The van der Waals surface area contributed by atoms with Crippen molar-refractivity contribution in [1.82, 2.24) is 5.32 Å². The van der Waals surface area contributed by atoms with Crippen molar-refractivity contribution in [3.05, 3.63) is 58.6 Å². The van der Waals surface area contributed by atoms with Crippen molar-refractivity contribution in [3.8, 4) is 11.1 Å². The van der Waals surface area contributed by atoms with Crippen LogP contribution in [0, 0.1) is 6.92 Å². The van der Waals surface area contributed by atoms with Gasteiger partial charge in [-0.25, -0.2) is 0 Å². The monoisotopic (exact) mass is 423 g/mol. The third-order valence-corrected chi connectivity index (χ3v) is 6.57. The second kappa shape index (κ2) is 8.44. The maximum atomic E-state index is 12.3. The largest absolute Gasteiger partial charge is 0.365 e. The maximum absolute atomic E-state index is 12.3. The second-order valence-electron chi connectivity index (χ2n) is 8.45. The van der Waals surface area contributed by atoms with Crippen LogP contribution in [0.4, 0.5) is 11.4 Å². The zero-order valence-corrected chi connectivity index (χ0v) is 18.9. The molecule has 0 spiro atoms. The first-order chi connectivity index (χ1) is 14.4. The van der Waals surface area contributed by atoms with Crippen molar-refractivity contribution < 1.29 is 4.79 Å². The van der Waals surface area contributed by atoms with Crippen molar-refractivity contribution in [2.45, 2.75) is 39.7 Å². The molecule has 0 amide bonds. The normalized spacial score (nSPS) is 17.3. The third-order valence-electron chi connectivity index (χ3n) is 6.32. The Morgan fingerprint density at radius 2 is 2.00 bits per heavy atom. The van der Waals surface area contributed by atoms with E-state index in [1.54, 1.807) is 6.92 Å². The van der Waals surface area contributed by atoms with Crippen molar-refractivity contribution in [1.29, 1.82) is 0 Å². The number of carbonyl (C=O) groups is 1. The molecule has 1 unspecified atom stereocenters. The van der Waals surface area contributed by atoms with E-state index in [0.29, 0.717) is 12.5 Å². The van der Waals surface area contributed by atoms with Gasteiger partial charge < -0.3 is 9.80 Å². The zero-order chi connectivity index (χ0) is 21.4. The van der Waals surface area contributed by atoms with E-state index >= 15 is 0 Å². The summed E-state index contributed by atoms with van der Waals surface area (Å²) in [7, 11) is 0. The first kappa shape index (κ1) is 21.0. The molecule has 158 valence electrons. The summed E-state index contributed by atoms with van der Waals surface area (Å²) in [5.74, 6) is 0.190. The van der Waals surface area contributed by atoms with E-state index in [1.807, 2.05) is 18.2 Å². The molecule has 0 bridgehead atoms. The minimum atomic E-state index is 0.190. The highest BCUT2D eigenvalue weighted by Crippen LogP contribution is 2.51. The highest BCUT2D eigenvalue weighted by molar-refractivity contribution is 6.30. The Labute approximate surface area is 184 Å². The van der Waals surface area contributed by atoms with Gasteiger partial charge in [0.2, 0.25) is 0 Å². The van der Waals surface area contributed by atoms with Gasteiger partial charge in [-0.3, -0.25) is 10.1 Å². The van der Waals surface area contributed by atoms with Gasteiger partial charge >= 0.3 is 0 Å². The zero-order valence-electron chi connectivity index (χ0n) is 18.1. The summed E-state index contributed by atoms with van der Waals surface area (Å²) in [5.41, 5.74) is 8.75. The highest BCUT2D eigenvalue weighted by atomic mass is 35.5. The Kier molecular flexibility index (Phi) is 5.90. The van der Waals surface area contributed by atoms with E-state index < -0.39 is 0 Å². The van der Waals surface area contributed by atoms with Gasteiger partial charge in [-0.2, -0.15) is 0 Å². The number of Topliss-reactive ketones (excluding diaryl/α,β-unsaturated/α-hetero) is 1. The average Bonchev–Trinajstić information content (AvgIpc) is 3.04. The van der Waals surface area contributed by atoms with Crippen molar-refractivity contribution in [2.75, 3.05) is 36.1 Å². The molecule has 2 heterocycles. The molecular weight excluding hydrogens is 394 g/mol. The van der Waals surface area contributed by atoms with Gasteiger partial charge in [0.1, 0.15) is 5.78 Å². The van der Waals surface area contributed by atoms with Crippen LogP contribution in [0.1, 0.15) is 30.5 Å². The Hall–Kier alpha value is -2.30. The van der Waals surface area contributed by atoms with Gasteiger partial charge in [-0.05, 0) is 67.1 Å². The molecule has 2 aromatic rings. The van der Waals surface area contributed by atoms with E-state index in [-0.39, 0.29) is 5.78 Å². The maximum Gasteiger partial charge on any atom is 0.134 e. The van der Waals surface area contributed by atoms with E-state index in [4.69, 9.17) is 11.6 Å². The molecule has 2 aliphatic heterocycles. The van der Waals surface area contributed by atoms with Crippen molar-refractivity contribution >= 4 is 28.8 Å². The van der Waals surface area contributed by atoms with Crippen LogP contribution in [0.15, 0.2) is 36.9 Å². The predicted molar refractivity (Wildman–Crippen MR) is 127 cm³/mol. The van der Waals surface area contributed by atoms with E-state index in [9.17, 15) is 4.79 Å². The minimum absolute atomic E-state index is 0.190. The third kappa shape index (κ3) is 3.63. The van der Waals surface area contributed by atoms with Gasteiger partial charge in [-0.15, -0.1) is 6.58 Å². The molecule has 0 aliphatic carbocycles. The molecule has 0 aromatic heterocycles. The molecule has 0 radical (unpaired) electrons. The summed E-state index contributed by atoms with van der Waals surface area (Å²) in [5, 5.41) is 4.19. The lowest BCUT2D eigenvalue weighted by Gasteiger charge is -2.40. The molecule has 4 rings (SSSR count). The summed E-state index contributed by atoms with van der Waals surface area (Å²) in [6, 6.07) is 8.52. The van der Waals surface area contributed by atoms with Gasteiger partial charge in [0, 0.05) is 37.1 Å². The van der Waals surface area contributed by atoms with Crippen LogP contribution in [0.2, 0.25) is 5.02 Å². The Balaban J connectivity index is 1.94. The molecule has 0 fully saturated rings. The summed E-state index contributed by atoms with van der Waals surface area (Å²) < 4.78 is 0. The number of hydrogen-bond donors (Lipinski definition) is 1. The SMILES string of the molecule is C=CCNCN1CCN2c3c(c(-c4ccc(Cl)cc4)c(CC(C)=O)c(C)c31)CC2C. The molecule has 0 saturated heterocycles. The van der Waals surface area contributed by atoms with Gasteiger partial charge in [0.15, 0.2) is 0 Å². The number of hydrogen-bond acceptors (Lipinski definition) is 4. The van der Waals surface area contributed by atoms with Crippen LogP contribution >= 0.6 is 11.6 Å².